The Kier molecular flexibility index (Phi) is 4.39. The molecule has 0 fully saturated rings. The van der Waals surface area contributed by atoms with Gasteiger partial charge in [-0.05, 0) is 6.07 Å². The van der Waals surface area contributed by atoms with Crippen LogP contribution in [-0.4, -0.2) is 25.6 Å². The molecule has 2 aromatic rings. The first-order valence-corrected chi connectivity index (χ1v) is 6.40. The number of carbonyl (C=O) groups is 1. The maximum Gasteiger partial charge on any atom is 0.290 e. The van der Waals surface area contributed by atoms with E-state index >= 15 is 0 Å². The molecule has 1 aromatic carbocycles. The first-order valence-electron chi connectivity index (χ1n) is 5.64. The average molecular weight is 330 g/mol. The number of aromatic nitrogens is 3. The number of carbonyl (C=O) groups excluding carboxylic acids is 1. The van der Waals surface area contributed by atoms with E-state index in [1.165, 1.54) is 17.1 Å². The molecule has 0 saturated carbocycles. The fraction of sp³-hybridized carbons (Fsp3) is 0.182. The van der Waals surface area contributed by atoms with Crippen LogP contribution in [0.25, 0.3) is 0 Å². The molecule has 21 heavy (non-hydrogen) atoms. The average Bonchev–Trinajstić information content (AvgIpc) is 2.84. The quantitative estimate of drug-likeness (QED) is 0.682. The highest BCUT2D eigenvalue weighted by atomic mass is 35.5. The number of halogens is 2. The lowest BCUT2D eigenvalue weighted by atomic mass is 10.2. The molecule has 1 amide bonds. The van der Waals surface area contributed by atoms with Gasteiger partial charge in [-0.25, -0.2) is 4.98 Å². The summed E-state index contributed by atoms with van der Waals surface area (Å²) in [7, 11) is 1.70. The van der Waals surface area contributed by atoms with E-state index in [2.05, 4.69) is 15.4 Å². The van der Waals surface area contributed by atoms with Crippen LogP contribution in [0.1, 0.15) is 16.2 Å². The lowest BCUT2D eigenvalue weighted by Crippen LogP contribution is -2.23. The molecule has 0 aliphatic carbocycles. The van der Waals surface area contributed by atoms with E-state index in [1.54, 1.807) is 7.05 Å². The Balaban J connectivity index is 2.17. The molecule has 0 radical (unpaired) electrons. The molecule has 1 N–H and O–H groups in total. The van der Waals surface area contributed by atoms with Gasteiger partial charge in [-0.1, -0.05) is 23.2 Å². The summed E-state index contributed by atoms with van der Waals surface area (Å²) in [5, 5.41) is 17.1. The van der Waals surface area contributed by atoms with E-state index in [0.717, 1.165) is 6.07 Å². The Morgan fingerprint density at radius 1 is 1.48 bits per heavy atom. The lowest BCUT2D eigenvalue weighted by Gasteiger charge is -2.05. The van der Waals surface area contributed by atoms with Crippen LogP contribution in [0.15, 0.2) is 18.5 Å². The topological polar surface area (TPSA) is 103 Å². The van der Waals surface area contributed by atoms with Crippen molar-refractivity contribution in [3.05, 3.63) is 50.0 Å². The number of rotatable bonds is 4. The van der Waals surface area contributed by atoms with Gasteiger partial charge in [0.05, 0.1) is 16.5 Å². The molecule has 110 valence electrons. The smallest absolute Gasteiger partial charge is 0.290 e. The van der Waals surface area contributed by atoms with Gasteiger partial charge >= 0.3 is 0 Å². The van der Waals surface area contributed by atoms with Crippen molar-refractivity contribution >= 4 is 34.8 Å². The van der Waals surface area contributed by atoms with Crippen molar-refractivity contribution in [2.45, 2.75) is 6.54 Å². The molecular formula is C11H9Cl2N5O3. The van der Waals surface area contributed by atoms with Crippen LogP contribution < -0.4 is 5.32 Å². The van der Waals surface area contributed by atoms with Crippen molar-refractivity contribution < 1.29 is 9.72 Å². The zero-order chi connectivity index (χ0) is 15.6. The molecule has 2 rings (SSSR count). The van der Waals surface area contributed by atoms with E-state index in [0.29, 0.717) is 5.82 Å². The highest BCUT2D eigenvalue weighted by Gasteiger charge is 2.20. The number of hydrogen-bond acceptors (Lipinski definition) is 5. The maximum atomic E-state index is 12.0. The summed E-state index contributed by atoms with van der Waals surface area (Å²) in [5.74, 6) is -0.121. The second-order valence-electron chi connectivity index (χ2n) is 4.07. The first-order chi connectivity index (χ1) is 9.88. The Labute approximate surface area is 128 Å². The lowest BCUT2D eigenvalue weighted by molar-refractivity contribution is -0.384. The Morgan fingerprint density at radius 3 is 2.76 bits per heavy atom. The zero-order valence-corrected chi connectivity index (χ0v) is 12.2. The molecule has 1 heterocycles. The molecule has 10 heteroatoms. The van der Waals surface area contributed by atoms with Gasteiger partial charge in [-0.3, -0.25) is 19.6 Å². The molecule has 0 atom stereocenters. The molecule has 0 saturated heterocycles. The van der Waals surface area contributed by atoms with Crippen molar-refractivity contribution in [1.82, 2.24) is 20.1 Å². The number of amides is 1. The summed E-state index contributed by atoms with van der Waals surface area (Å²) in [5.41, 5.74) is -0.391. The standard InChI is InChI=1S/C11H9Cl2N5O3/c1-17-5-15-9(16-17)4-14-11(19)6-2-7(12)10(13)8(3-6)18(20)21/h2-3,5H,4H2,1H3,(H,14,19). The van der Waals surface area contributed by atoms with E-state index in [9.17, 15) is 14.9 Å². The summed E-state index contributed by atoms with van der Waals surface area (Å²) >= 11 is 11.5. The van der Waals surface area contributed by atoms with E-state index in [4.69, 9.17) is 23.2 Å². The van der Waals surface area contributed by atoms with Crippen LogP contribution in [0.4, 0.5) is 5.69 Å². The molecule has 0 aliphatic rings. The van der Waals surface area contributed by atoms with Gasteiger partial charge in [0.15, 0.2) is 5.82 Å². The second-order valence-corrected chi connectivity index (χ2v) is 4.85. The largest absolute Gasteiger partial charge is 0.345 e. The molecule has 0 unspecified atom stereocenters. The normalized spacial score (nSPS) is 10.4. The maximum absolute atomic E-state index is 12.0. The molecule has 0 bridgehead atoms. The monoisotopic (exact) mass is 329 g/mol. The third-order valence-electron chi connectivity index (χ3n) is 2.52. The number of aryl methyl sites for hydroxylation is 1. The fourth-order valence-electron chi connectivity index (χ4n) is 1.56. The summed E-state index contributed by atoms with van der Waals surface area (Å²) in [6, 6.07) is 2.33. The van der Waals surface area contributed by atoms with Gasteiger partial charge in [0, 0.05) is 18.7 Å². The van der Waals surface area contributed by atoms with Gasteiger partial charge in [0.1, 0.15) is 11.3 Å². The van der Waals surface area contributed by atoms with Gasteiger partial charge in [-0.15, -0.1) is 0 Å². The van der Waals surface area contributed by atoms with Crippen molar-refractivity contribution in [3.8, 4) is 0 Å². The third kappa shape index (κ3) is 3.47. The van der Waals surface area contributed by atoms with Crippen LogP contribution >= 0.6 is 23.2 Å². The van der Waals surface area contributed by atoms with Gasteiger partial charge in [0.2, 0.25) is 0 Å². The first kappa shape index (κ1) is 15.2. The molecule has 8 nitrogen and oxygen atoms in total. The molecular weight excluding hydrogens is 321 g/mol. The molecule has 0 spiro atoms. The Hall–Kier alpha value is -2.19. The van der Waals surface area contributed by atoms with E-state index in [1.807, 2.05) is 0 Å². The Morgan fingerprint density at radius 2 is 2.19 bits per heavy atom. The third-order valence-corrected chi connectivity index (χ3v) is 3.31. The predicted molar refractivity (Wildman–Crippen MR) is 75.3 cm³/mol. The SMILES string of the molecule is Cn1cnc(CNC(=O)c2cc(Cl)c(Cl)c([N+](=O)[O-])c2)n1. The van der Waals surface area contributed by atoms with E-state index < -0.39 is 16.5 Å². The Bertz CT molecular complexity index is 716. The number of nitro groups is 1. The van der Waals surface area contributed by atoms with Crippen molar-refractivity contribution in [2.75, 3.05) is 0 Å². The van der Waals surface area contributed by atoms with E-state index in [-0.39, 0.29) is 22.2 Å². The van der Waals surface area contributed by atoms with Crippen LogP contribution in [0.5, 0.6) is 0 Å². The summed E-state index contributed by atoms with van der Waals surface area (Å²) in [6.07, 6.45) is 1.49. The minimum absolute atomic E-state index is 0.0343. The summed E-state index contributed by atoms with van der Waals surface area (Å²) in [4.78, 5) is 26.0. The summed E-state index contributed by atoms with van der Waals surface area (Å²) in [6.45, 7) is 0.0910. The van der Waals surface area contributed by atoms with Gasteiger partial charge < -0.3 is 5.32 Å². The predicted octanol–water partition coefficient (Wildman–Crippen LogP) is 1.96. The fourth-order valence-corrected chi connectivity index (χ4v) is 1.96. The number of nitro benzene ring substituents is 1. The molecule has 0 aliphatic heterocycles. The van der Waals surface area contributed by atoms with Gasteiger partial charge in [0.25, 0.3) is 11.6 Å². The van der Waals surface area contributed by atoms with Crippen LogP contribution in [0.3, 0.4) is 0 Å². The van der Waals surface area contributed by atoms with Crippen molar-refractivity contribution in [1.29, 1.82) is 0 Å². The van der Waals surface area contributed by atoms with Crippen molar-refractivity contribution in [2.24, 2.45) is 7.05 Å². The minimum atomic E-state index is -0.703. The van der Waals surface area contributed by atoms with Crippen LogP contribution in [-0.2, 0) is 13.6 Å². The number of nitrogens with zero attached hydrogens (tertiary/aromatic N) is 4. The second kappa shape index (κ2) is 6.06. The number of nitrogens with one attached hydrogen (secondary N) is 1. The minimum Gasteiger partial charge on any atom is -0.345 e. The summed E-state index contributed by atoms with van der Waals surface area (Å²) < 4.78 is 1.49. The van der Waals surface area contributed by atoms with Gasteiger partial charge in [-0.2, -0.15) is 5.10 Å². The van der Waals surface area contributed by atoms with Crippen molar-refractivity contribution in [3.63, 3.8) is 0 Å². The van der Waals surface area contributed by atoms with Crippen LogP contribution in [0, 0.1) is 10.1 Å². The zero-order valence-electron chi connectivity index (χ0n) is 10.7. The van der Waals surface area contributed by atoms with Crippen LogP contribution in [0.2, 0.25) is 10.0 Å². The highest BCUT2D eigenvalue weighted by Crippen LogP contribution is 2.32. The number of hydrogen-bond donors (Lipinski definition) is 1. The molecule has 1 aromatic heterocycles. The number of benzene rings is 1. The highest BCUT2D eigenvalue weighted by molar-refractivity contribution is 6.43.